The number of ether oxygens (including phenoxy) is 2. The highest BCUT2D eigenvalue weighted by Crippen LogP contribution is 2.38. The minimum Gasteiger partial charge on any atom is -0.497 e. The van der Waals surface area contributed by atoms with Crippen LogP contribution in [0.3, 0.4) is 0 Å². The Bertz CT molecular complexity index is 809. The average Bonchev–Trinajstić information content (AvgIpc) is 2.81. The fourth-order valence-corrected chi connectivity index (χ4v) is 2.84. The minimum atomic E-state index is -0.545. The Morgan fingerprint density at radius 3 is 2.23 bits per heavy atom. The highest BCUT2D eigenvalue weighted by molar-refractivity contribution is 6.63. The van der Waals surface area contributed by atoms with Crippen molar-refractivity contribution < 1.29 is 23.2 Å². The first-order valence-corrected chi connectivity index (χ1v) is 8.42. The number of methoxy groups -OCH3 is 2. The molecule has 0 aliphatic carbocycles. The zero-order chi connectivity index (χ0) is 19.1. The molecule has 26 heavy (non-hydrogen) atoms. The minimum absolute atomic E-state index is 0.344. The maximum Gasteiger partial charge on any atom is 0.498 e. The Morgan fingerprint density at radius 1 is 1.00 bits per heavy atom. The van der Waals surface area contributed by atoms with Crippen molar-refractivity contribution in [3.8, 4) is 22.8 Å². The van der Waals surface area contributed by atoms with Crippen LogP contribution in [-0.2, 0) is 9.31 Å². The fourth-order valence-electron chi connectivity index (χ4n) is 2.84. The van der Waals surface area contributed by atoms with Crippen LogP contribution >= 0.6 is 0 Å². The van der Waals surface area contributed by atoms with Gasteiger partial charge in [0.1, 0.15) is 11.6 Å². The topological polar surface area (TPSA) is 49.8 Å². The molecular weight excluding hydrogens is 336 g/mol. The number of rotatable bonds is 4. The SMILES string of the molecule is COc1cc(-c2cc(F)cnc2OC)ccc1B1OC(C)(C)C(C)(C)O1. The van der Waals surface area contributed by atoms with Crippen LogP contribution in [0.4, 0.5) is 4.39 Å². The van der Waals surface area contributed by atoms with Crippen LogP contribution in [-0.4, -0.2) is 37.5 Å². The molecule has 0 bridgehead atoms. The second-order valence-electron chi connectivity index (χ2n) is 7.26. The summed E-state index contributed by atoms with van der Waals surface area (Å²) in [5.41, 5.74) is 1.16. The van der Waals surface area contributed by atoms with Gasteiger partial charge in [-0.05, 0) is 45.4 Å². The Morgan fingerprint density at radius 2 is 1.65 bits per heavy atom. The molecule has 138 valence electrons. The molecule has 0 amide bonds. The summed E-state index contributed by atoms with van der Waals surface area (Å²) in [6.45, 7) is 7.99. The van der Waals surface area contributed by atoms with Crippen LogP contribution in [0.5, 0.6) is 11.6 Å². The molecule has 1 aliphatic rings. The summed E-state index contributed by atoms with van der Waals surface area (Å²) in [6.07, 6.45) is 1.12. The average molecular weight is 359 g/mol. The lowest BCUT2D eigenvalue weighted by atomic mass is 9.77. The molecule has 2 aromatic rings. The molecule has 7 heteroatoms. The lowest BCUT2D eigenvalue weighted by Crippen LogP contribution is -2.41. The zero-order valence-electron chi connectivity index (χ0n) is 15.9. The summed E-state index contributed by atoms with van der Waals surface area (Å²) < 4.78 is 36.7. The number of hydrogen-bond donors (Lipinski definition) is 0. The molecule has 1 aromatic carbocycles. The summed E-state index contributed by atoms with van der Waals surface area (Å²) in [7, 11) is 2.53. The van der Waals surface area contributed by atoms with Gasteiger partial charge in [0.25, 0.3) is 0 Å². The quantitative estimate of drug-likeness (QED) is 0.785. The number of halogens is 1. The van der Waals surface area contributed by atoms with Gasteiger partial charge in [-0.25, -0.2) is 9.37 Å². The highest BCUT2D eigenvalue weighted by atomic mass is 19.1. The smallest absolute Gasteiger partial charge is 0.497 e. The van der Waals surface area contributed by atoms with Gasteiger partial charge in [0, 0.05) is 11.0 Å². The molecule has 0 atom stereocenters. The first-order valence-electron chi connectivity index (χ1n) is 8.42. The Balaban J connectivity index is 2.01. The normalized spacial score (nSPS) is 18.0. The molecule has 5 nitrogen and oxygen atoms in total. The molecule has 3 rings (SSSR count). The van der Waals surface area contributed by atoms with E-state index in [1.165, 1.54) is 13.2 Å². The molecular formula is C19H23BFNO4. The van der Waals surface area contributed by atoms with Crippen molar-refractivity contribution in [2.24, 2.45) is 0 Å². The lowest BCUT2D eigenvalue weighted by molar-refractivity contribution is 0.00578. The third-order valence-electron chi connectivity index (χ3n) is 5.06. The van der Waals surface area contributed by atoms with Crippen molar-refractivity contribution in [3.63, 3.8) is 0 Å². The third kappa shape index (κ3) is 3.17. The van der Waals surface area contributed by atoms with Crippen LogP contribution < -0.4 is 14.9 Å². The van der Waals surface area contributed by atoms with Gasteiger partial charge in [-0.15, -0.1) is 0 Å². The Hall–Kier alpha value is -2.12. The van der Waals surface area contributed by atoms with Crippen molar-refractivity contribution in [1.29, 1.82) is 0 Å². The third-order valence-corrected chi connectivity index (χ3v) is 5.06. The number of aromatic nitrogens is 1. The maximum absolute atomic E-state index is 13.7. The van der Waals surface area contributed by atoms with Gasteiger partial charge >= 0.3 is 7.12 Å². The van der Waals surface area contributed by atoms with Gasteiger partial charge in [0.05, 0.1) is 31.6 Å². The molecule has 1 aliphatic heterocycles. The van der Waals surface area contributed by atoms with Gasteiger partial charge in [0.15, 0.2) is 0 Å². The van der Waals surface area contributed by atoms with E-state index in [-0.39, 0.29) is 0 Å². The summed E-state index contributed by atoms with van der Waals surface area (Å²) in [5, 5.41) is 0. The van der Waals surface area contributed by atoms with Crippen molar-refractivity contribution in [1.82, 2.24) is 4.98 Å². The van der Waals surface area contributed by atoms with Gasteiger partial charge in [-0.1, -0.05) is 12.1 Å². The van der Waals surface area contributed by atoms with E-state index in [1.807, 2.05) is 39.8 Å². The van der Waals surface area contributed by atoms with E-state index in [2.05, 4.69) is 4.98 Å². The molecule has 0 unspecified atom stereocenters. The fraction of sp³-hybridized carbons (Fsp3) is 0.421. The number of pyridine rings is 1. The molecule has 1 fully saturated rings. The van der Waals surface area contributed by atoms with Gasteiger partial charge in [-0.2, -0.15) is 0 Å². The van der Waals surface area contributed by atoms with E-state index in [1.54, 1.807) is 13.2 Å². The molecule has 1 aromatic heterocycles. The first kappa shape index (κ1) is 18.7. The van der Waals surface area contributed by atoms with Crippen molar-refractivity contribution in [2.45, 2.75) is 38.9 Å². The summed E-state index contributed by atoms with van der Waals surface area (Å²) in [4.78, 5) is 3.98. The molecule has 0 radical (unpaired) electrons. The van der Waals surface area contributed by atoms with Crippen LogP contribution in [0.2, 0.25) is 0 Å². The molecule has 0 spiro atoms. The maximum atomic E-state index is 13.7. The van der Waals surface area contributed by atoms with Crippen molar-refractivity contribution >= 4 is 12.6 Å². The van der Waals surface area contributed by atoms with Gasteiger partial charge in [0.2, 0.25) is 5.88 Å². The second-order valence-corrected chi connectivity index (χ2v) is 7.26. The van der Waals surface area contributed by atoms with E-state index in [0.717, 1.165) is 17.2 Å². The standard InChI is InChI=1S/C19H23BFNO4/c1-18(2)19(3,4)26-20(25-18)15-8-7-12(9-16(15)23-5)14-10-13(21)11-22-17(14)24-6/h7-11H,1-6H3. The number of benzene rings is 1. The van der Waals surface area contributed by atoms with Crippen molar-refractivity contribution in [3.05, 3.63) is 36.3 Å². The zero-order valence-corrected chi connectivity index (χ0v) is 15.9. The molecule has 0 saturated carbocycles. The molecule has 0 N–H and O–H groups in total. The Labute approximate surface area is 153 Å². The monoisotopic (exact) mass is 359 g/mol. The highest BCUT2D eigenvalue weighted by Gasteiger charge is 2.52. The van der Waals surface area contributed by atoms with E-state index in [9.17, 15) is 4.39 Å². The Kier molecular flexibility index (Phi) is 4.71. The van der Waals surface area contributed by atoms with Gasteiger partial charge < -0.3 is 18.8 Å². The van der Waals surface area contributed by atoms with Crippen LogP contribution in [0, 0.1) is 5.82 Å². The number of hydrogen-bond acceptors (Lipinski definition) is 5. The van der Waals surface area contributed by atoms with Crippen LogP contribution in [0.25, 0.3) is 11.1 Å². The van der Waals surface area contributed by atoms with Crippen LogP contribution in [0.15, 0.2) is 30.5 Å². The van der Waals surface area contributed by atoms with E-state index in [0.29, 0.717) is 17.2 Å². The van der Waals surface area contributed by atoms with Crippen LogP contribution in [0.1, 0.15) is 27.7 Å². The van der Waals surface area contributed by atoms with Gasteiger partial charge in [-0.3, -0.25) is 0 Å². The molecule has 2 heterocycles. The number of nitrogens with zero attached hydrogens (tertiary/aromatic N) is 1. The summed E-state index contributed by atoms with van der Waals surface area (Å²) >= 11 is 0. The second kappa shape index (κ2) is 6.56. The summed E-state index contributed by atoms with van der Waals surface area (Å²) in [5.74, 6) is 0.499. The molecule has 1 saturated heterocycles. The first-order chi connectivity index (χ1) is 12.2. The largest absolute Gasteiger partial charge is 0.498 e. The van der Waals surface area contributed by atoms with E-state index in [4.69, 9.17) is 18.8 Å². The summed E-state index contributed by atoms with van der Waals surface area (Å²) in [6, 6.07) is 6.90. The predicted octanol–water partition coefficient (Wildman–Crippen LogP) is 3.20. The lowest BCUT2D eigenvalue weighted by Gasteiger charge is -2.32. The van der Waals surface area contributed by atoms with E-state index >= 15 is 0 Å². The van der Waals surface area contributed by atoms with E-state index < -0.39 is 24.1 Å². The van der Waals surface area contributed by atoms with Crippen molar-refractivity contribution in [2.75, 3.05) is 14.2 Å². The predicted molar refractivity (Wildman–Crippen MR) is 98.5 cm³/mol.